The summed E-state index contributed by atoms with van der Waals surface area (Å²) in [7, 11) is 0. The second-order valence-electron chi connectivity index (χ2n) is 7.14. The molecule has 0 radical (unpaired) electrons. The van der Waals surface area contributed by atoms with Crippen LogP contribution in [0.15, 0.2) is 59.5 Å². The predicted molar refractivity (Wildman–Crippen MR) is 113 cm³/mol. The molecule has 0 aromatic heterocycles. The zero-order chi connectivity index (χ0) is 21.1. The van der Waals surface area contributed by atoms with Crippen molar-refractivity contribution in [3.63, 3.8) is 0 Å². The largest absolute Gasteiger partial charge is 0.376 e. The number of carbonyl (C=O) groups is 2. The number of benzene rings is 2. The summed E-state index contributed by atoms with van der Waals surface area (Å²) in [4.78, 5) is 38.4. The van der Waals surface area contributed by atoms with Crippen molar-refractivity contribution < 1.29 is 19.2 Å². The van der Waals surface area contributed by atoms with Crippen molar-refractivity contribution in [3.05, 3.63) is 80.7 Å². The highest BCUT2D eigenvalue weighted by Gasteiger charge is 2.40. The van der Waals surface area contributed by atoms with E-state index in [9.17, 15) is 19.7 Å². The van der Waals surface area contributed by atoms with E-state index in [1.807, 2.05) is 30.3 Å². The van der Waals surface area contributed by atoms with Crippen molar-refractivity contribution in [2.45, 2.75) is 24.7 Å². The van der Waals surface area contributed by atoms with Crippen LogP contribution in [-0.2, 0) is 20.1 Å². The number of non-ortho nitro benzene ring substituents is 1. The molecular formula is C22H20N2O5S. The van der Waals surface area contributed by atoms with Crippen LogP contribution in [0.4, 0.5) is 5.69 Å². The van der Waals surface area contributed by atoms with Crippen LogP contribution in [0.2, 0.25) is 0 Å². The first-order valence-corrected chi connectivity index (χ1v) is 10.7. The number of thioether (sulfide) groups is 1. The van der Waals surface area contributed by atoms with E-state index in [1.165, 1.54) is 40.9 Å². The summed E-state index contributed by atoms with van der Waals surface area (Å²) >= 11 is 1.32. The van der Waals surface area contributed by atoms with Gasteiger partial charge in [-0.15, -0.1) is 11.8 Å². The van der Waals surface area contributed by atoms with E-state index in [-0.39, 0.29) is 30.2 Å². The van der Waals surface area contributed by atoms with Crippen LogP contribution in [0.25, 0.3) is 5.57 Å². The molecule has 0 saturated carbocycles. The molecule has 1 fully saturated rings. The van der Waals surface area contributed by atoms with Crippen molar-refractivity contribution >= 4 is 34.8 Å². The molecular weight excluding hydrogens is 404 g/mol. The van der Waals surface area contributed by atoms with Crippen LogP contribution in [0.5, 0.6) is 0 Å². The number of imide groups is 1. The minimum atomic E-state index is -0.491. The number of ether oxygens (including phenoxy) is 1. The molecule has 1 saturated heterocycles. The summed E-state index contributed by atoms with van der Waals surface area (Å²) < 4.78 is 5.61. The van der Waals surface area contributed by atoms with Crippen LogP contribution < -0.4 is 0 Å². The number of nitro groups is 1. The Morgan fingerprint density at radius 3 is 2.43 bits per heavy atom. The molecule has 7 nitrogen and oxygen atoms in total. The van der Waals surface area contributed by atoms with Crippen molar-refractivity contribution in [1.29, 1.82) is 0 Å². The van der Waals surface area contributed by atoms with Crippen molar-refractivity contribution in [1.82, 2.24) is 4.90 Å². The summed E-state index contributed by atoms with van der Waals surface area (Å²) in [6, 6.07) is 15.4. The molecule has 30 heavy (non-hydrogen) atoms. The molecule has 0 N–H and O–H groups in total. The summed E-state index contributed by atoms with van der Waals surface area (Å²) in [5.74, 6) is -0.163. The highest BCUT2D eigenvalue weighted by Crippen LogP contribution is 2.38. The van der Waals surface area contributed by atoms with Gasteiger partial charge in [-0.3, -0.25) is 24.6 Å². The molecule has 154 valence electrons. The van der Waals surface area contributed by atoms with Crippen LogP contribution in [0.3, 0.4) is 0 Å². The third kappa shape index (κ3) is 4.15. The quantitative estimate of drug-likeness (QED) is 0.382. The van der Waals surface area contributed by atoms with Gasteiger partial charge in [-0.1, -0.05) is 30.3 Å². The lowest BCUT2D eigenvalue weighted by molar-refractivity contribution is -0.384. The maximum Gasteiger partial charge on any atom is 0.269 e. The van der Waals surface area contributed by atoms with Gasteiger partial charge in [0.2, 0.25) is 0 Å². The Balaban J connectivity index is 1.64. The zero-order valence-corrected chi connectivity index (χ0v) is 17.0. The van der Waals surface area contributed by atoms with E-state index in [2.05, 4.69) is 0 Å². The number of nitro benzene ring substituents is 1. The first kappa shape index (κ1) is 20.3. The summed E-state index contributed by atoms with van der Waals surface area (Å²) in [5.41, 5.74) is 1.78. The van der Waals surface area contributed by atoms with Gasteiger partial charge in [0.1, 0.15) is 0 Å². The molecule has 2 heterocycles. The molecule has 0 aliphatic carbocycles. The van der Waals surface area contributed by atoms with Gasteiger partial charge in [-0.25, -0.2) is 0 Å². The number of hydrogen-bond donors (Lipinski definition) is 0. The lowest BCUT2D eigenvalue weighted by Crippen LogP contribution is -2.37. The average Bonchev–Trinajstić information content (AvgIpc) is 3.35. The average molecular weight is 424 g/mol. The Hall–Kier alpha value is -2.97. The van der Waals surface area contributed by atoms with E-state index >= 15 is 0 Å². The van der Waals surface area contributed by atoms with Crippen molar-refractivity contribution in [3.8, 4) is 0 Å². The third-order valence-electron chi connectivity index (χ3n) is 5.13. The molecule has 1 atom stereocenters. The first-order chi connectivity index (χ1) is 14.5. The summed E-state index contributed by atoms with van der Waals surface area (Å²) in [6.45, 7) is 0.864. The Bertz CT molecular complexity index is 998. The molecule has 8 heteroatoms. The fraction of sp³-hybridized carbons (Fsp3) is 0.273. The Morgan fingerprint density at radius 2 is 1.80 bits per heavy atom. The van der Waals surface area contributed by atoms with Crippen molar-refractivity contribution in [2.75, 3.05) is 13.2 Å². The molecule has 1 unspecified atom stereocenters. The van der Waals surface area contributed by atoms with Gasteiger partial charge in [-0.2, -0.15) is 0 Å². The maximum absolute atomic E-state index is 13.2. The Morgan fingerprint density at radius 1 is 1.07 bits per heavy atom. The van der Waals surface area contributed by atoms with Crippen molar-refractivity contribution in [2.24, 2.45) is 0 Å². The van der Waals surface area contributed by atoms with Crippen LogP contribution in [0.1, 0.15) is 24.0 Å². The highest BCUT2D eigenvalue weighted by molar-refractivity contribution is 8.03. The minimum Gasteiger partial charge on any atom is -0.376 e. The highest BCUT2D eigenvalue weighted by atomic mass is 32.2. The summed E-state index contributed by atoms with van der Waals surface area (Å²) in [5, 5.41) is 11.0. The van der Waals surface area contributed by atoms with E-state index in [0.29, 0.717) is 28.4 Å². The first-order valence-electron chi connectivity index (χ1n) is 9.68. The Labute approximate surface area is 177 Å². The fourth-order valence-electron chi connectivity index (χ4n) is 3.58. The Kier molecular flexibility index (Phi) is 5.96. The molecule has 2 aliphatic heterocycles. The van der Waals surface area contributed by atoms with Gasteiger partial charge >= 0.3 is 0 Å². The smallest absolute Gasteiger partial charge is 0.269 e. The number of carbonyl (C=O) groups excluding carboxylic acids is 2. The maximum atomic E-state index is 13.2. The normalized spacial score (nSPS) is 19.1. The zero-order valence-electron chi connectivity index (χ0n) is 16.2. The third-order valence-corrected chi connectivity index (χ3v) is 6.27. The molecule has 2 aromatic rings. The van der Waals surface area contributed by atoms with Crippen LogP contribution >= 0.6 is 11.8 Å². The SMILES string of the molecule is O=C1C(SCc2ccccc2)=C(c2ccc([N+](=O)[O-])cc2)C(=O)N1CC1CCCO1. The van der Waals surface area contributed by atoms with Gasteiger partial charge in [-0.05, 0) is 36.1 Å². The number of amides is 2. The molecule has 0 spiro atoms. The standard InChI is InChI=1S/C22H20N2O5S/c25-21-19(16-8-10-17(11-9-16)24(27)28)20(30-14-15-5-2-1-3-6-15)22(26)23(21)13-18-7-4-12-29-18/h1-3,5-6,8-11,18H,4,7,12-14H2. The van der Waals surface area contributed by atoms with Gasteiger partial charge in [0.25, 0.3) is 17.5 Å². The van der Waals surface area contributed by atoms with Gasteiger partial charge in [0.15, 0.2) is 0 Å². The fourth-order valence-corrected chi connectivity index (χ4v) is 4.67. The molecule has 2 aliphatic rings. The lowest BCUT2D eigenvalue weighted by Gasteiger charge is -2.19. The van der Waals surface area contributed by atoms with Gasteiger partial charge in [0.05, 0.1) is 28.1 Å². The van der Waals surface area contributed by atoms with Crippen LogP contribution in [0, 0.1) is 10.1 Å². The molecule has 0 bridgehead atoms. The minimum absolute atomic E-state index is 0.0641. The van der Waals surface area contributed by atoms with E-state index < -0.39 is 4.92 Å². The van der Waals surface area contributed by atoms with Crippen LogP contribution in [-0.4, -0.2) is 40.9 Å². The second kappa shape index (κ2) is 8.81. The predicted octanol–water partition coefficient (Wildman–Crippen LogP) is 3.79. The number of nitrogens with zero attached hydrogens (tertiary/aromatic N) is 2. The monoisotopic (exact) mass is 424 g/mol. The number of rotatable bonds is 7. The molecule has 2 amide bonds. The van der Waals surface area contributed by atoms with E-state index in [0.717, 1.165) is 18.4 Å². The molecule has 4 rings (SSSR count). The van der Waals surface area contributed by atoms with E-state index in [1.54, 1.807) is 0 Å². The van der Waals surface area contributed by atoms with Gasteiger partial charge < -0.3 is 4.74 Å². The summed E-state index contributed by atoms with van der Waals surface area (Å²) in [6.07, 6.45) is 1.59. The van der Waals surface area contributed by atoms with Gasteiger partial charge in [0, 0.05) is 24.5 Å². The second-order valence-corrected chi connectivity index (χ2v) is 8.12. The van der Waals surface area contributed by atoms with E-state index in [4.69, 9.17) is 4.74 Å². The molecule has 2 aromatic carbocycles. The lowest BCUT2D eigenvalue weighted by atomic mass is 10.1. The number of hydrogen-bond acceptors (Lipinski definition) is 6. The topological polar surface area (TPSA) is 89.8 Å².